The second-order valence-corrected chi connectivity index (χ2v) is 12.7. The lowest BCUT2D eigenvalue weighted by Crippen LogP contribution is -2.57. The Hall–Kier alpha value is -4.22. The van der Waals surface area contributed by atoms with Gasteiger partial charge in [-0.1, -0.05) is 11.6 Å². The zero-order valence-electron chi connectivity index (χ0n) is 25.6. The van der Waals surface area contributed by atoms with Gasteiger partial charge >= 0.3 is 24.5 Å². The Morgan fingerprint density at radius 1 is 1.02 bits per heavy atom. The number of benzene rings is 1. The van der Waals surface area contributed by atoms with Crippen LogP contribution in [0.4, 0.5) is 51.4 Å². The third kappa shape index (κ3) is 7.12. The predicted octanol–water partition coefficient (Wildman–Crippen LogP) is 7.13. The number of ether oxygens (including phenoxy) is 2. The first kappa shape index (κ1) is 35.1. The molecule has 48 heavy (non-hydrogen) atoms. The lowest BCUT2D eigenvalue weighted by molar-refractivity contribution is -0.154. The van der Waals surface area contributed by atoms with Crippen molar-refractivity contribution in [1.29, 1.82) is 0 Å². The first-order valence-corrected chi connectivity index (χ1v) is 14.7. The summed E-state index contributed by atoms with van der Waals surface area (Å²) in [4.78, 5) is 39.2. The summed E-state index contributed by atoms with van der Waals surface area (Å²) in [7, 11) is 0. The van der Waals surface area contributed by atoms with Crippen LogP contribution in [-0.4, -0.2) is 75.4 Å². The van der Waals surface area contributed by atoms with Crippen LogP contribution in [0, 0.1) is 11.6 Å². The lowest BCUT2D eigenvalue weighted by atomic mass is 10.00. The maximum Gasteiger partial charge on any atom is 0.422 e. The number of hydrogen-bond donors (Lipinski definition) is 1. The molecule has 2 aliphatic heterocycles. The highest BCUT2D eigenvalue weighted by Gasteiger charge is 2.46. The third-order valence-electron chi connectivity index (χ3n) is 7.44. The smallest absolute Gasteiger partial charge is 0.422 e. The number of fused-ring (bicyclic) bond motifs is 3. The minimum Gasteiger partial charge on any atom is -0.454 e. The average Bonchev–Trinajstić information content (AvgIpc) is 3.21. The van der Waals surface area contributed by atoms with Crippen LogP contribution in [0.3, 0.4) is 0 Å². The molecule has 0 radical (unpaired) electrons. The number of nitrogens with zero attached hydrogens (tertiary/aromatic N) is 5. The molecule has 19 heteroatoms. The molecule has 260 valence electrons. The maximum atomic E-state index is 16.3. The van der Waals surface area contributed by atoms with E-state index in [1.54, 1.807) is 30.6 Å². The highest BCUT2D eigenvalue weighted by Crippen LogP contribution is 2.46. The molecule has 1 N–H and O–H groups in total. The van der Waals surface area contributed by atoms with Gasteiger partial charge in [0.15, 0.2) is 18.2 Å². The van der Waals surface area contributed by atoms with Crippen LogP contribution in [0.2, 0.25) is 5.02 Å². The normalized spacial score (nSPS) is 18.4. The fraction of sp³-hybridized carbons (Fsp3) is 0.483. The zero-order valence-corrected chi connectivity index (χ0v) is 26.4. The minimum absolute atomic E-state index is 0.0607. The minimum atomic E-state index is -5.35. The molecule has 2 atom stereocenters. The van der Waals surface area contributed by atoms with Crippen molar-refractivity contribution in [1.82, 2.24) is 19.9 Å². The van der Waals surface area contributed by atoms with E-state index < -0.39 is 99.3 Å². The molecule has 2 fully saturated rings. The molecule has 2 bridgehead atoms. The van der Waals surface area contributed by atoms with E-state index in [0.29, 0.717) is 18.9 Å². The van der Waals surface area contributed by atoms with Crippen LogP contribution in [0.5, 0.6) is 6.01 Å². The van der Waals surface area contributed by atoms with Crippen molar-refractivity contribution < 1.29 is 54.2 Å². The predicted molar refractivity (Wildman–Crippen MR) is 156 cm³/mol. The number of nitrogens with one attached hydrogen (secondary N) is 1. The van der Waals surface area contributed by atoms with Crippen LogP contribution in [0.25, 0.3) is 22.2 Å². The topological polar surface area (TPSA) is 110 Å². The molecule has 2 saturated heterocycles. The van der Waals surface area contributed by atoms with Crippen molar-refractivity contribution in [3.05, 3.63) is 34.5 Å². The molecule has 1 aromatic carbocycles. The van der Waals surface area contributed by atoms with Gasteiger partial charge in [0, 0.05) is 26.2 Å². The molecule has 10 nitrogen and oxygen atoms in total. The summed E-state index contributed by atoms with van der Waals surface area (Å²) >= 11 is 5.85. The van der Waals surface area contributed by atoms with Gasteiger partial charge in [-0.05, 0) is 39.7 Å². The van der Waals surface area contributed by atoms with E-state index in [9.17, 15) is 35.9 Å². The second-order valence-electron chi connectivity index (χ2n) is 12.2. The number of rotatable bonds is 5. The Labute approximate surface area is 272 Å². The van der Waals surface area contributed by atoms with Gasteiger partial charge in [0.1, 0.15) is 22.6 Å². The third-order valence-corrected chi connectivity index (χ3v) is 7.74. The Morgan fingerprint density at radius 3 is 2.19 bits per heavy atom. The Balaban J connectivity index is 1.66. The highest BCUT2D eigenvalue weighted by molar-refractivity contribution is 6.32. The van der Waals surface area contributed by atoms with Crippen molar-refractivity contribution in [3.63, 3.8) is 0 Å². The number of anilines is 2. The molecule has 3 aromatic rings. The van der Waals surface area contributed by atoms with Gasteiger partial charge in [-0.25, -0.2) is 13.6 Å². The van der Waals surface area contributed by atoms with Gasteiger partial charge in [0.2, 0.25) is 5.91 Å². The Bertz CT molecular complexity index is 1770. The number of hydrogen-bond acceptors (Lipinski definition) is 8. The molecule has 4 heterocycles. The van der Waals surface area contributed by atoms with Gasteiger partial charge in [0.05, 0.1) is 39.3 Å². The summed E-state index contributed by atoms with van der Waals surface area (Å²) in [5, 5.41) is 0.629. The number of alkyl halides is 6. The molecular formula is C29H27ClF8N6O4. The van der Waals surface area contributed by atoms with Crippen molar-refractivity contribution >= 4 is 46.0 Å². The van der Waals surface area contributed by atoms with Gasteiger partial charge in [-0.2, -0.15) is 36.3 Å². The van der Waals surface area contributed by atoms with Gasteiger partial charge in [-0.15, -0.1) is 0 Å². The molecule has 0 spiro atoms. The van der Waals surface area contributed by atoms with Crippen molar-refractivity contribution in [2.24, 2.45) is 0 Å². The van der Waals surface area contributed by atoms with E-state index in [0.717, 1.165) is 13.1 Å². The van der Waals surface area contributed by atoms with Crippen LogP contribution < -0.4 is 15.0 Å². The molecule has 0 saturated carbocycles. The van der Waals surface area contributed by atoms with Crippen LogP contribution in [-0.2, 0) is 15.7 Å². The number of pyridine rings is 1. The Morgan fingerprint density at radius 2 is 1.65 bits per heavy atom. The quantitative estimate of drug-likeness (QED) is 0.279. The number of halogens is 9. The Kier molecular flexibility index (Phi) is 9.03. The van der Waals surface area contributed by atoms with Crippen LogP contribution in [0.1, 0.15) is 46.1 Å². The summed E-state index contributed by atoms with van der Waals surface area (Å²) in [6.07, 6.45) is -8.89. The van der Waals surface area contributed by atoms with Crippen molar-refractivity contribution in [3.8, 4) is 17.3 Å². The first-order chi connectivity index (χ1) is 22.1. The first-order valence-electron chi connectivity index (χ1n) is 14.3. The van der Waals surface area contributed by atoms with E-state index in [4.69, 9.17) is 21.1 Å². The van der Waals surface area contributed by atoms with Crippen molar-refractivity contribution in [2.75, 3.05) is 29.9 Å². The number of aromatic nitrogens is 3. The zero-order chi connectivity index (χ0) is 35.5. The molecule has 2 amide bonds. The summed E-state index contributed by atoms with van der Waals surface area (Å²) in [6, 6.07) is -1.36. The number of amides is 2. The molecular weight excluding hydrogens is 684 g/mol. The largest absolute Gasteiger partial charge is 0.454 e. The van der Waals surface area contributed by atoms with E-state index in [1.165, 1.54) is 0 Å². The van der Waals surface area contributed by atoms with Gasteiger partial charge in [0.25, 0.3) is 0 Å². The SMILES string of the molecule is CC(=O)Nc1cc(Cl)c(C(F)(F)F)c(-c2ncc3c(N4CC5CCC(C4)N5C(=O)OC(C)(C)C)nc(OCC(F)(F)F)nc3c2F)c1F. The summed E-state index contributed by atoms with van der Waals surface area (Å²) in [5.74, 6) is -4.46. The number of piperazine rings is 1. The van der Waals surface area contributed by atoms with E-state index in [1.807, 2.05) is 5.32 Å². The number of carbonyl (C=O) groups excluding carboxylic acids is 2. The maximum absolute atomic E-state index is 16.3. The fourth-order valence-corrected chi connectivity index (χ4v) is 6.05. The van der Waals surface area contributed by atoms with Crippen LogP contribution >= 0.6 is 11.6 Å². The van der Waals surface area contributed by atoms with Crippen LogP contribution in [0.15, 0.2) is 12.3 Å². The summed E-state index contributed by atoms with van der Waals surface area (Å²) < 4.78 is 124. The standard InChI is InChI=1S/C29H27ClF8N6O4/c1-12(45)40-17-7-16(30)19(29(36,37)38)18(20(17)31)23-21(32)22-15(8-39-23)24(42-25(41-22)47-11-28(33,34)35)43-9-13-5-6-14(10-43)44(13)26(46)48-27(2,3)4/h7-8,13-14H,5-6,9-11H2,1-4H3,(H,40,45). The molecule has 5 rings (SSSR count). The van der Waals surface area contributed by atoms with Gasteiger partial charge in [-0.3, -0.25) is 14.7 Å². The molecule has 2 aromatic heterocycles. The molecule has 0 aliphatic carbocycles. The van der Waals surface area contributed by atoms with Crippen molar-refractivity contribution in [2.45, 2.75) is 70.6 Å². The van der Waals surface area contributed by atoms with E-state index in [2.05, 4.69) is 15.0 Å². The lowest BCUT2D eigenvalue weighted by Gasteiger charge is -2.42. The molecule has 2 aliphatic rings. The van der Waals surface area contributed by atoms with Gasteiger partial charge < -0.3 is 19.7 Å². The fourth-order valence-electron chi connectivity index (χ4n) is 5.74. The summed E-state index contributed by atoms with van der Waals surface area (Å²) in [6.45, 7) is 4.26. The second kappa shape index (κ2) is 12.3. The average molecular weight is 711 g/mol. The van der Waals surface area contributed by atoms with E-state index in [-0.39, 0.29) is 24.3 Å². The highest BCUT2D eigenvalue weighted by atomic mass is 35.5. The van der Waals surface area contributed by atoms with E-state index >= 15 is 8.78 Å². The molecule has 2 unspecified atom stereocenters. The summed E-state index contributed by atoms with van der Waals surface area (Å²) in [5.41, 5.74) is -6.98. The monoisotopic (exact) mass is 710 g/mol. The number of carbonyl (C=O) groups is 2.